The fourth-order valence-corrected chi connectivity index (χ4v) is 7.44. The van der Waals surface area contributed by atoms with Crippen LogP contribution in [-0.4, -0.2) is 41.2 Å². The molecule has 0 radical (unpaired) electrons. The lowest BCUT2D eigenvalue weighted by molar-refractivity contribution is 0.0692. The van der Waals surface area contributed by atoms with Crippen molar-refractivity contribution in [2.24, 2.45) is 11.8 Å². The quantitative estimate of drug-likeness (QED) is 0.476. The van der Waals surface area contributed by atoms with Gasteiger partial charge in [-0.05, 0) is 104 Å². The summed E-state index contributed by atoms with van der Waals surface area (Å²) in [6.45, 7) is 3.96. The Labute approximate surface area is 204 Å². The summed E-state index contributed by atoms with van der Waals surface area (Å²) in [5.74, 6) is 0.816. The number of hydrogen-bond donors (Lipinski definition) is 2. The number of piperidine rings is 1. The first-order valence-electron chi connectivity index (χ1n) is 12.5. The molecule has 0 amide bonds. The van der Waals surface area contributed by atoms with Gasteiger partial charge in [0.15, 0.2) is 0 Å². The molecule has 1 aliphatic carbocycles. The number of fused-ring (bicyclic) bond motifs is 5. The third kappa shape index (κ3) is 3.97. The molecule has 4 aliphatic rings. The predicted octanol–water partition coefficient (Wildman–Crippen LogP) is 5.94. The highest BCUT2D eigenvalue weighted by atomic mass is 32.2. The molecule has 180 valence electrons. The van der Waals surface area contributed by atoms with Gasteiger partial charge in [-0.1, -0.05) is 13.0 Å². The van der Waals surface area contributed by atoms with E-state index < -0.39 is 5.97 Å². The first-order valence-corrected chi connectivity index (χ1v) is 13.3. The number of ether oxygens (including phenoxy) is 1. The van der Waals surface area contributed by atoms with Gasteiger partial charge in [0.25, 0.3) is 0 Å². The lowest BCUT2D eigenvalue weighted by Crippen LogP contribution is -2.43. The Kier molecular flexibility index (Phi) is 5.72. The average Bonchev–Trinajstić information content (AvgIpc) is 3.57. The van der Waals surface area contributed by atoms with Gasteiger partial charge < -0.3 is 14.6 Å². The maximum absolute atomic E-state index is 14.2. The zero-order valence-corrected chi connectivity index (χ0v) is 20.2. The second-order valence-corrected chi connectivity index (χ2v) is 11.2. The van der Waals surface area contributed by atoms with Gasteiger partial charge in [0, 0.05) is 22.9 Å². The average molecular weight is 483 g/mol. The number of nitrogens with zero attached hydrogens (tertiary/aromatic N) is 1. The maximum atomic E-state index is 14.2. The van der Waals surface area contributed by atoms with E-state index in [0.29, 0.717) is 47.9 Å². The number of nitrogens with one attached hydrogen (secondary N) is 1. The molecule has 2 saturated heterocycles. The third-order valence-electron chi connectivity index (χ3n) is 8.32. The van der Waals surface area contributed by atoms with Gasteiger partial charge in [-0.3, -0.25) is 4.90 Å². The fourth-order valence-electron chi connectivity index (χ4n) is 6.64. The van der Waals surface area contributed by atoms with Crippen LogP contribution in [0.15, 0.2) is 35.2 Å². The summed E-state index contributed by atoms with van der Waals surface area (Å²) in [7, 11) is 0. The summed E-state index contributed by atoms with van der Waals surface area (Å²) in [5, 5.41) is 9.94. The standard InChI is InChI=1S/C27H31FN2O3S/c1-2-30-19-4-5-20(30)11-15(10-19)9-16-12-18(28)3-8-24(16)34-29-23-7-6-21-22-13-17(22)14-33-26(21)25(23)27(31)32/h3,6-8,12,15,17,19-20,22,29H,2,4-5,9-11,13-14H2,1H3,(H,31,32)/t15?,17-,19?,20?,22?/m0/s1. The second kappa shape index (κ2) is 8.76. The van der Waals surface area contributed by atoms with Crippen molar-refractivity contribution >= 4 is 23.6 Å². The third-order valence-corrected chi connectivity index (χ3v) is 9.26. The van der Waals surface area contributed by atoms with Crippen LogP contribution in [0.1, 0.15) is 66.4 Å². The van der Waals surface area contributed by atoms with E-state index in [1.807, 2.05) is 18.2 Å². The molecule has 6 rings (SSSR count). The number of halogens is 1. The summed E-state index contributed by atoms with van der Waals surface area (Å²) in [5.41, 5.74) is 2.74. The summed E-state index contributed by atoms with van der Waals surface area (Å²) in [6, 6.07) is 10.1. The fraction of sp³-hybridized carbons (Fsp3) is 0.519. The van der Waals surface area contributed by atoms with Crippen LogP contribution in [0.25, 0.3) is 0 Å². The predicted molar refractivity (Wildman–Crippen MR) is 131 cm³/mol. The molecule has 34 heavy (non-hydrogen) atoms. The van der Waals surface area contributed by atoms with Crippen LogP contribution in [0.2, 0.25) is 0 Å². The molecule has 4 atom stereocenters. The van der Waals surface area contributed by atoms with Crippen LogP contribution in [0, 0.1) is 17.7 Å². The zero-order chi connectivity index (χ0) is 23.4. The molecule has 2 aromatic carbocycles. The summed E-state index contributed by atoms with van der Waals surface area (Å²) < 4.78 is 23.3. The first kappa shape index (κ1) is 22.2. The molecule has 0 spiro atoms. The van der Waals surface area contributed by atoms with Crippen molar-refractivity contribution in [2.45, 2.75) is 68.3 Å². The van der Waals surface area contributed by atoms with E-state index in [0.717, 1.165) is 35.4 Å². The molecule has 0 aromatic heterocycles. The van der Waals surface area contributed by atoms with E-state index in [4.69, 9.17) is 4.74 Å². The Morgan fingerprint density at radius 2 is 2.00 bits per heavy atom. The maximum Gasteiger partial charge on any atom is 0.341 e. The first-order chi connectivity index (χ1) is 16.5. The number of carbonyl (C=O) groups is 1. The lowest BCUT2D eigenvalue weighted by atomic mass is 9.86. The number of hydrogen-bond acceptors (Lipinski definition) is 5. The number of aromatic carboxylic acids is 1. The minimum atomic E-state index is -0.989. The number of carboxylic acid groups (broad SMARTS) is 1. The second-order valence-electron chi connectivity index (χ2n) is 10.3. The van der Waals surface area contributed by atoms with E-state index in [-0.39, 0.29) is 11.4 Å². The lowest BCUT2D eigenvalue weighted by Gasteiger charge is -2.38. The molecule has 3 heterocycles. The van der Waals surface area contributed by atoms with E-state index in [1.165, 1.54) is 43.7 Å². The van der Waals surface area contributed by atoms with Crippen LogP contribution >= 0.6 is 11.9 Å². The Bertz CT molecular complexity index is 1110. The van der Waals surface area contributed by atoms with Crippen molar-refractivity contribution in [3.8, 4) is 5.75 Å². The molecule has 2 aromatic rings. The van der Waals surface area contributed by atoms with E-state index in [1.54, 1.807) is 6.07 Å². The molecule has 3 aliphatic heterocycles. The van der Waals surface area contributed by atoms with Crippen LogP contribution in [-0.2, 0) is 6.42 Å². The highest BCUT2D eigenvalue weighted by molar-refractivity contribution is 8.00. The van der Waals surface area contributed by atoms with Gasteiger partial charge in [-0.2, -0.15) is 0 Å². The van der Waals surface area contributed by atoms with Crippen molar-refractivity contribution < 1.29 is 19.0 Å². The summed E-state index contributed by atoms with van der Waals surface area (Å²) in [4.78, 5) is 15.7. The van der Waals surface area contributed by atoms with Crippen molar-refractivity contribution in [3.63, 3.8) is 0 Å². The number of anilines is 1. The van der Waals surface area contributed by atoms with E-state index in [2.05, 4.69) is 16.5 Å². The van der Waals surface area contributed by atoms with Crippen LogP contribution in [0.4, 0.5) is 10.1 Å². The van der Waals surface area contributed by atoms with E-state index >= 15 is 0 Å². The SMILES string of the molecule is CCN1C2CCC1CC(Cc1cc(F)ccc1SNc1ccc3c(c1C(=O)O)OC[C@@H]1CC31)C2. The topological polar surface area (TPSA) is 61.8 Å². The largest absolute Gasteiger partial charge is 0.492 e. The Hall–Kier alpha value is -2.25. The van der Waals surface area contributed by atoms with Crippen molar-refractivity contribution in [1.29, 1.82) is 0 Å². The molecule has 5 nitrogen and oxygen atoms in total. The number of benzene rings is 2. The molecule has 1 saturated carbocycles. The smallest absolute Gasteiger partial charge is 0.341 e. The van der Waals surface area contributed by atoms with Gasteiger partial charge in [0.1, 0.15) is 17.1 Å². The minimum absolute atomic E-state index is 0.197. The Morgan fingerprint density at radius 3 is 2.74 bits per heavy atom. The molecular weight excluding hydrogens is 451 g/mol. The van der Waals surface area contributed by atoms with Crippen LogP contribution in [0.5, 0.6) is 5.75 Å². The van der Waals surface area contributed by atoms with Crippen molar-refractivity contribution in [3.05, 3.63) is 52.8 Å². The van der Waals surface area contributed by atoms with Crippen LogP contribution < -0.4 is 9.46 Å². The number of carboxylic acids is 1. The zero-order valence-electron chi connectivity index (χ0n) is 19.4. The van der Waals surface area contributed by atoms with Gasteiger partial charge >= 0.3 is 5.97 Å². The Balaban J connectivity index is 1.21. The van der Waals surface area contributed by atoms with E-state index in [9.17, 15) is 14.3 Å². The van der Waals surface area contributed by atoms with Gasteiger partial charge in [0.05, 0.1) is 12.3 Å². The Morgan fingerprint density at radius 1 is 1.21 bits per heavy atom. The summed E-state index contributed by atoms with van der Waals surface area (Å²) in [6.07, 6.45) is 6.83. The van der Waals surface area contributed by atoms with Gasteiger partial charge in [0.2, 0.25) is 0 Å². The molecular formula is C27H31FN2O3S. The van der Waals surface area contributed by atoms with Crippen molar-refractivity contribution in [2.75, 3.05) is 17.9 Å². The minimum Gasteiger partial charge on any atom is -0.492 e. The number of rotatable bonds is 7. The van der Waals surface area contributed by atoms with Gasteiger partial charge in [-0.25, -0.2) is 9.18 Å². The molecule has 3 fully saturated rings. The normalized spacial score (nSPS) is 29.2. The monoisotopic (exact) mass is 482 g/mol. The molecule has 2 N–H and O–H groups in total. The summed E-state index contributed by atoms with van der Waals surface area (Å²) >= 11 is 1.37. The molecule has 3 unspecified atom stereocenters. The highest BCUT2D eigenvalue weighted by Gasteiger charge is 2.45. The molecule has 7 heteroatoms. The van der Waals surface area contributed by atoms with Gasteiger partial charge in [-0.15, -0.1) is 0 Å². The van der Waals surface area contributed by atoms with Crippen molar-refractivity contribution in [1.82, 2.24) is 4.90 Å². The molecule has 2 bridgehead atoms. The highest BCUT2D eigenvalue weighted by Crippen LogP contribution is 2.55. The van der Waals surface area contributed by atoms with Crippen LogP contribution in [0.3, 0.4) is 0 Å².